The van der Waals surface area contributed by atoms with Crippen LogP contribution >= 0.6 is 11.6 Å². The third kappa shape index (κ3) is 3.75. The van der Waals surface area contributed by atoms with Crippen molar-refractivity contribution in [2.24, 2.45) is 0 Å². The number of rotatable bonds is 5. The number of carbonyl (C=O) groups is 1. The Balaban J connectivity index is 1.64. The second-order valence-electron chi connectivity index (χ2n) is 5.00. The number of esters is 1. The maximum absolute atomic E-state index is 12.0. The summed E-state index contributed by atoms with van der Waals surface area (Å²) in [4.78, 5) is 12.0. The first kappa shape index (κ1) is 16.1. The monoisotopic (exact) mass is 343 g/mol. The molecule has 3 rings (SSSR count). The molecule has 0 saturated heterocycles. The van der Waals surface area contributed by atoms with Gasteiger partial charge in [0.15, 0.2) is 5.76 Å². The van der Waals surface area contributed by atoms with Crippen LogP contribution in [0.1, 0.15) is 16.1 Å². The van der Waals surface area contributed by atoms with E-state index in [1.165, 1.54) is 0 Å². The van der Waals surface area contributed by atoms with Crippen molar-refractivity contribution in [1.82, 2.24) is 5.16 Å². The van der Waals surface area contributed by atoms with E-state index in [1.807, 2.05) is 24.3 Å². The molecule has 0 bridgehead atoms. The fourth-order valence-electron chi connectivity index (χ4n) is 2.11. The van der Waals surface area contributed by atoms with Crippen LogP contribution in [0, 0.1) is 0 Å². The second kappa shape index (κ2) is 7.19. The summed E-state index contributed by atoms with van der Waals surface area (Å²) in [5.74, 6) is 0.881. The summed E-state index contributed by atoms with van der Waals surface area (Å²) < 4.78 is 15.6. The van der Waals surface area contributed by atoms with E-state index in [1.54, 1.807) is 37.4 Å². The summed E-state index contributed by atoms with van der Waals surface area (Å²) in [5, 5.41) is 4.39. The quantitative estimate of drug-likeness (QED) is 0.644. The van der Waals surface area contributed by atoms with Gasteiger partial charge in [-0.3, -0.25) is 0 Å². The van der Waals surface area contributed by atoms with Crippen LogP contribution in [0.2, 0.25) is 5.02 Å². The zero-order valence-corrected chi connectivity index (χ0v) is 13.6. The Labute approximate surface area is 143 Å². The highest BCUT2D eigenvalue weighted by molar-refractivity contribution is 6.30. The summed E-state index contributed by atoms with van der Waals surface area (Å²) in [6.07, 6.45) is 0. The van der Waals surface area contributed by atoms with Crippen molar-refractivity contribution < 1.29 is 18.8 Å². The van der Waals surface area contributed by atoms with Crippen LogP contribution < -0.4 is 4.74 Å². The van der Waals surface area contributed by atoms with Crippen LogP contribution in [0.4, 0.5) is 0 Å². The molecule has 0 amide bonds. The molecule has 0 aliphatic carbocycles. The smallest absolute Gasteiger partial charge is 0.338 e. The second-order valence-corrected chi connectivity index (χ2v) is 5.43. The third-order valence-corrected chi connectivity index (χ3v) is 3.58. The molecule has 0 aliphatic rings. The first-order valence-corrected chi connectivity index (χ1v) is 7.56. The van der Waals surface area contributed by atoms with Crippen LogP contribution in [0.15, 0.2) is 59.1 Å². The van der Waals surface area contributed by atoms with Crippen molar-refractivity contribution >= 4 is 17.6 Å². The molecule has 0 radical (unpaired) electrons. The van der Waals surface area contributed by atoms with Crippen molar-refractivity contribution in [3.8, 4) is 17.1 Å². The highest BCUT2D eigenvalue weighted by Crippen LogP contribution is 2.23. The van der Waals surface area contributed by atoms with Gasteiger partial charge in [-0.05, 0) is 42.5 Å². The lowest BCUT2D eigenvalue weighted by Gasteiger charge is -2.02. The van der Waals surface area contributed by atoms with Gasteiger partial charge >= 0.3 is 5.97 Å². The lowest BCUT2D eigenvalue weighted by Crippen LogP contribution is -2.05. The van der Waals surface area contributed by atoms with Gasteiger partial charge in [0.25, 0.3) is 0 Å². The number of aromatic nitrogens is 1. The molecule has 0 N–H and O–H groups in total. The predicted molar refractivity (Wildman–Crippen MR) is 89.1 cm³/mol. The number of methoxy groups -OCH3 is 1. The van der Waals surface area contributed by atoms with E-state index in [0.29, 0.717) is 22.0 Å². The van der Waals surface area contributed by atoms with E-state index in [-0.39, 0.29) is 6.61 Å². The van der Waals surface area contributed by atoms with Crippen LogP contribution in [0.5, 0.6) is 5.75 Å². The first-order valence-electron chi connectivity index (χ1n) is 7.18. The highest BCUT2D eigenvalue weighted by Gasteiger charge is 2.11. The molecule has 0 spiro atoms. The molecule has 3 aromatic rings. The number of hydrogen-bond acceptors (Lipinski definition) is 5. The Morgan fingerprint density at radius 3 is 2.67 bits per heavy atom. The molecule has 122 valence electrons. The molecule has 1 heterocycles. The number of hydrogen-bond donors (Lipinski definition) is 0. The largest absolute Gasteiger partial charge is 0.497 e. The Kier molecular flexibility index (Phi) is 4.82. The van der Waals surface area contributed by atoms with Gasteiger partial charge in [-0.2, -0.15) is 0 Å². The molecule has 0 saturated carbocycles. The Morgan fingerprint density at radius 2 is 1.96 bits per heavy atom. The summed E-state index contributed by atoms with van der Waals surface area (Å²) in [6, 6.07) is 15.7. The number of benzene rings is 2. The molecule has 6 heteroatoms. The summed E-state index contributed by atoms with van der Waals surface area (Å²) in [6.45, 7) is 0.0189. The Hall–Kier alpha value is -2.79. The maximum atomic E-state index is 12.0. The van der Waals surface area contributed by atoms with Gasteiger partial charge in [0.05, 0.1) is 12.7 Å². The fraction of sp³-hybridized carbons (Fsp3) is 0.111. The minimum atomic E-state index is -0.466. The molecule has 1 aromatic heterocycles. The van der Waals surface area contributed by atoms with Crippen LogP contribution in [-0.4, -0.2) is 18.2 Å². The molecule has 5 nitrogen and oxygen atoms in total. The molecular weight excluding hydrogens is 330 g/mol. The molecule has 0 atom stereocenters. The average Bonchev–Trinajstić information content (AvgIpc) is 3.09. The maximum Gasteiger partial charge on any atom is 0.338 e. The molecule has 0 aliphatic heterocycles. The van der Waals surface area contributed by atoms with E-state index < -0.39 is 5.97 Å². The summed E-state index contributed by atoms with van der Waals surface area (Å²) in [7, 11) is 1.61. The lowest BCUT2D eigenvalue weighted by molar-refractivity contribution is 0.0464. The van der Waals surface area contributed by atoms with Gasteiger partial charge in [-0.25, -0.2) is 4.79 Å². The van der Waals surface area contributed by atoms with Gasteiger partial charge in [0, 0.05) is 16.7 Å². The molecule has 24 heavy (non-hydrogen) atoms. The minimum absolute atomic E-state index is 0.0189. The number of nitrogens with zero attached hydrogens (tertiary/aromatic N) is 1. The van der Waals surface area contributed by atoms with Crippen molar-refractivity contribution in [2.45, 2.75) is 6.61 Å². The Morgan fingerprint density at radius 1 is 1.17 bits per heavy atom. The van der Waals surface area contributed by atoms with E-state index in [2.05, 4.69) is 5.16 Å². The first-order chi connectivity index (χ1) is 11.7. The highest BCUT2D eigenvalue weighted by atomic mass is 35.5. The van der Waals surface area contributed by atoms with Gasteiger partial charge in [0.1, 0.15) is 18.1 Å². The predicted octanol–water partition coefficient (Wildman–Crippen LogP) is 4.36. The SMILES string of the molecule is COc1ccc(-c2cc(COC(=O)c3cccc(Cl)c3)no2)cc1. The van der Waals surface area contributed by atoms with E-state index in [0.717, 1.165) is 11.3 Å². The van der Waals surface area contributed by atoms with E-state index >= 15 is 0 Å². The van der Waals surface area contributed by atoms with Crippen molar-refractivity contribution in [1.29, 1.82) is 0 Å². The van der Waals surface area contributed by atoms with E-state index in [4.69, 9.17) is 25.6 Å². The van der Waals surface area contributed by atoms with Crippen molar-refractivity contribution in [3.63, 3.8) is 0 Å². The Bertz CT molecular complexity index is 842. The minimum Gasteiger partial charge on any atom is -0.497 e. The zero-order chi connectivity index (χ0) is 16.9. The lowest BCUT2D eigenvalue weighted by atomic mass is 10.1. The van der Waals surface area contributed by atoms with Crippen molar-refractivity contribution in [2.75, 3.05) is 7.11 Å². The third-order valence-electron chi connectivity index (χ3n) is 3.34. The zero-order valence-electron chi connectivity index (χ0n) is 12.9. The number of halogens is 1. The normalized spacial score (nSPS) is 10.4. The fourth-order valence-corrected chi connectivity index (χ4v) is 2.30. The van der Waals surface area contributed by atoms with Crippen LogP contribution in [0.3, 0.4) is 0 Å². The van der Waals surface area contributed by atoms with Gasteiger partial charge in [-0.1, -0.05) is 22.8 Å². The summed E-state index contributed by atoms with van der Waals surface area (Å²) >= 11 is 5.85. The van der Waals surface area contributed by atoms with Crippen molar-refractivity contribution in [3.05, 3.63) is 70.9 Å². The van der Waals surface area contributed by atoms with Gasteiger partial charge < -0.3 is 14.0 Å². The van der Waals surface area contributed by atoms with E-state index in [9.17, 15) is 4.79 Å². The van der Waals surface area contributed by atoms with Crippen LogP contribution in [-0.2, 0) is 11.3 Å². The summed E-state index contributed by atoms with van der Waals surface area (Å²) in [5.41, 5.74) is 1.77. The number of ether oxygens (including phenoxy) is 2. The molecule has 0 fully saturated rings. The standard InChI is InChI=1S/C18H14ClNO4/c1-22-16-7-5-12(6-8-16)17-10-15(20-24-17)11-23-18(21)13-3-2-4-14(19)9-13/h2-10H,11H2,1H3. The van der Waals surface area contributed by atoms with Gasteiger partial charge in [-0.15, -0.1) is 0 Å². The average molecular weight is 344 g/mol. The number of carbonyl (C=O) groups excluding carboxylic acids is 1. The molecule has 0 unspecified atom stereocenters. The molecular formula is C18H14ClNO4. The molecule has 2 aromatic carbocycles. The van der Waals surface area contributed by atoms with Crippen LogP contribution in [0.25, 0.3) is 11.3 Å². The topological polar surface area (TPSA) is 61.6 Å². The van der Waals surface area contributed by atoms with Gasteiger partial charge in [0.2, 0.25) is 0 Å².